The van der Waals surface area contributed by atoms with Crippen molar-refractivity contribution in [3.8, 4) is 16.9 Å². The summed E-state index contributed by atoms with van der Waals surface area (Å²) in [4.78, 5) is 15.6. The molecule has 0 bridgehead atoms. The molecule has 2 heterocycles. The zero-order valence-electron chi connectivity index (χ0n) is 18.4. The van der Waals surface area contributed by atoms with E-state index in [-0.39, 0.29) is 17.3 Å². The van der Waals surface area contributed by atoms with Gasteiger partial charge >= 0.3 is 0 Å². The summed E-state index contributed by atoms with van der Waals surface area (Å²) in [6.07, 6.45) is 0. The molecule has 2 aromatic heterocycles. The summed E-state index contributed by atoms with van der Waals surface area (Å²) in [5.74, 6) is 0.814. The van der Waals surface area contributed by atoms with Gasteiger partial charge in [-0.3, -0.25) is 4.79 Å². The fourth-order valence-electron chi connectivity index (χ4n) is 4.42. The van der Waals surface area contributed by atoms with Crippen LogP contribution in [0.1, 0.15) is 30.9 Å². The van der Waals surface area contributed by atoms with Gasteiger partial charge < -0.3 is 15.0 Å². The van der Waals surface area contributed by atoms with Crippen molar-refractivity contribution in [2.75, 3.05) is 20.7 Å². The average molecular weight is 439 g/mol. The molecule has 2 N–H and O–H groups in total. The fraction of sp³-hybridized carbons (Fsp3) is 0.320. The SMILES string of the molecule is CNCC(c1ccc(-c2c(OC)cc(C)c3[nH]c(=O)c4sccc4c23)cc1F)C(C)C. The molecule has 162 valence electrons. The fourth-order valence-corrected chi connectivity index (χ4v) is 5.22. The maximum Gasteiger partial charge on any atom is 0.266 e. The van der Waals surface area contributed by atoms with Crippen LogP contribution in [0.5, 0.6) is 5.75 Å². The maximum atomic E-state index is 15.4. The number of fused-ring (bicyclic) bond motifs is 3. The van der Waals surface area contributed by atoms with E-state index >= 15 is 4.39 Å². The minimum absolute atomic E-state index is 0.0793. The topological polar surface area (TPSA) is 54.1 Å². The van der Waals surface area contributed by atoms with E-state index in [1.165, 1.54) is 11.3 Å². The van der Waals surface area contributed by atoms with Crippen molar-refractivity contribution in [3.05, 3.63) is 63.0 Å². The number of halogens is 1. The number of thiophene rings is 1. The maximum absolute atomic E-state index is 15.4. The van der Waals surface area contributed by atoms with Gasteiger partial charge in [0, 0.05) is 28.8 Å². The summed E-state index contributed by atoms with van der Waals surface area (Å²) in [5.41, 5.74) is 3.79. The van der Waals surface area contributed by atoms with Crippen molar-refractivity contribution >= 4 is 32.3 Å². The Labute approximate surface area is 185 Å². The summed E-state index contributed by atoms with van der Waals surface area (Å²) in [5, 5.41) is 6.83. The second kappa shape index (κ2) is 8.44. The summed E-state index contributed by atoms with van der Waals surface area (Å²) in [6, 6.07) is 9.28. The van der Waals surface area contributed by atoms with Crippen LogP contribution < -0.4 is 15.6 Å². The number of aryl methyl sites for hydroxylation is 1. The number of methoxy groups -OCH3 is 1. The van der Waals surface area contributed by atoms with E-state index in [2.05, 4.69) is 24.1 Å². The molecule has 0 aliphatic carbocycles. The molecule has 0 spiro atoms. The lowest BCUT2D eigenvalue weighted by Crippen LogP contribution is -2.22. The van der Waals surface area contributed by atoms with Gasteiger partial charge in [0.05, 0.1) is 12.6 Å². The molecule has 0 radical (unpaired) electrons. The van der Waals surface area contributed by atoms with E-state index in [1.807, 2.05) is 43.6 Å². The number of H-pyrrole nitrogens is 1. The summed E-state index contributed by atoms with van der Waals surface area (Å²) in [6.45, 7) is 6.87. The van der Waals surface area contributed by atoms with Crippen molar-refractivity contribution < 1.29 is 9.13 Å². The zero-order valence-corrected chi connectivity index (χ0v) is 19.2. The normalized spacial score (nSPS) is 12.7. The molecule has 2 aromatic carbocycles. The van der Waals surface area contributed by atoms with Crippen molar-refractivity contribution in [1.29, 1.82) is 0 Å². The number of aromatic nitrogens is 1. The largest absolute Gasteiger partial charge is 0.496 e. The lowest BCUT2D eigenvalue weighted by molar-refractivity contribution is 0.416. The van der Waals surface area contributed by atoms with Gasteiger partial charge in [-0.15, -0.1) is 11.3 Å². The first-order chi connectivity index (χ1) is 14.9. The third-order valence-electron chi connectivity index (χ3n) is 6.00. The standard InChI is InChI=1S/C25H27FN2O2S/c1-13(2)18(12-27-4)16-7-6-15(11-19(16)26)21-20(30-5)10-14(3)23-22(21)17-8-9-31-24(17)25(29)28-23/h6-11,13,18,27H,12H2,1-5H3,(H,28,29). The number of hydrogen-bond acceptors (Lipinski definition) is 4. The van der Waals surface area contributed by atoms with Gasteiger partial charge in [-0.25, -0.2) is 4.39 Å². The minimum atomic E-state index is -0.229. The number of rotatable bonds is 6. The molecule has 1 atom stereocenters. The van der Waals surface area contributed by atoms with Crippen LogP contribution >= 0.6 is 11.3 Å². The number of benzene rings is 2. The lowest BCUT2D eigenvalue weighted by Gasteiger charge is -2.22. The number of nitrogens with one attached hydrogen (secondary N) is 2. The first-order valence-corrected chi connectivity index (χ1v) is 11.3. The molecule has 0 aliphatic heterocycles. The number of hydrogen-bond donors (Lipinski definition) is 2. The van der Waals surface area contributed by atoms with Crippen LogP contribution in [0.15, 0.2) is 40.5 Å². The summed E-state index contributed by atoms with van der Waals surface area (Å²) in [7, 11) is 3.50. The Hall–Kier alpha value is -2.70. The van der Waals surface area contributed by atoms with Gasteiger partial charge in [-0.1, -0.05) is 26.0 Å². The molecule has 4 nitrogen and oxygen atoms in total. The molecule has 6 heteroatoms. The number of likely N-dealkylation sites (N-methyl/N-ethyl adjacent to an activating group) is 1. The smallest absolute Gasteiger partial charge is 0.266 e. The van der Waals surface area contributed by atoms with Gasteiger partial charge in [0.25, 0.3) is 5.56 Å². The molecule has 0 saturated heterocycles. The predicted molar refractivity (Wildman–Crippen MR) is 128 cm³/mol. The molecule has 1 unspecified atom stereocenters. The van der Waals surface area contributed by atoms with Crippen LogP contribution in [-0.4, -0.2) is 25.7 Å². The first-order valence-electron chi connectivity index (χ1n) is 10.4. The summed E-state index contributed by atoms with van der Waals surface area (Å²) >= 11 is 1.40. The van der Waals surface area contributed by atoms with Crippen LogP contribution in [0.2, 0.25) is 0 Å². The Morgan fingerprint density at radius 2 is 2.00 bits per heavy atom. The van der Waals surface area contributed by atoms with E-state index in [0.29, 0.717) is 28.5 Å². The quantitative estimate of drug-likeness (QED) is 0.399. The zero-order chi connectivity index (χ0) is 22.3. The Bertz CT molecular complexity index is 1320. The number of pyridine rings is 1. The molecule has 4 aromatic rings. The third-order valence-corrected chi connectivity index (χ3v) is 6.92. The van der Waals surface area contributed by atoms with E-state index in [4.69, 9.17) is 4.74 Å². The molecule has 0 aliphatic rings. The molecule has 31 heavy (non-hydrogen) atoms. The Balaban J connectivity index is 2.02. The second-order valence-electron chi connectivity index (χ2n) is 8.28. The number of ether oxygens (including phenoxy) is 1. The van der Waals surface area contributed by atoms with Crippen molar-refractivity contribution in [2.45, 2.75) is 26.7 Å². The monoisotopic (exact) mass is 438 g/mol. The molecule has 4 rings (SSSR count). The third kappa shape index (κ3) is 3.64. The predicted octanol–water partition coefficient (Wildman–Crippen LogP) is 5.82. The van der Waals surface area contributed by atoms with Crippen molar-refractivity contribution in [3.63, 3.8) is 0 Å². The highest BCUT2D eigenvalue weighted by molar-refractivity contribution is 7.17. The van der Waals surface area contributed by atoms with Crippen molar-refractivity contribution in [1.82, 2.24) is 10.3 Å². The molecule has 0 fully saturated rings. The van der Waals surface area contributed by atoms with Crippen LogP contribution in [-0.2, 0) is 0 Å². The average Bonchev–Trinajstić information content (AvgIpc) is 3.23. The van der Waals surface area contributed by atoms with Crippen LogP contribution in [0, 0.1) is 18.7 Å². The van der Waals surface area contributed by atoms with Gasteiger partial charge in [0.2, 0.25) is 0 Å². The van der Waals surface area contributed by atoms with E-state index in [1.54, 1.807) is 13.2 Å². The molecular weight excluding hydrogens is 411 g/mol. The van der Waals surface area contributed by atoms with Crippen molar-refractivity contribution in [2.24, 2.45) is 5.92 Å². The van der Waals surface area contributed by atoms with Crippen LogP contribution in [0.4, 0.5) is 4.39 Å². The second-order valence-corrected chi connectivity index (χ2v) is 9.20. The number of aromatic amines is 1. The van der Waals surface area contributed by atoms with Gasteiger partial charge in [-0.2, -0.15) is 0 Å². The highest BCUT2D eigenvalue weighted by atomic mass is 32.1. The van der Waals surface area contributed by atoms with Gasteiger partial charge in [0.1, 0.15) is 16.3 Å². The molecule has 0 amide bonds. The van der Waals surface area contributed by atoms with E-state index in [0.717, 1.165) is 33.0 Å². The van der Waals surface area contributed by atoms with Gasteiger partial charge in [-0.05, 0) is 60.2 Å². The van der Waals surface area contributed by atoms with Crippen LogP contribution in [0.25, 0.3) is 32.1 Å². The van der Waals surface area contributed by atoms with Crippen LogP contribution in [0.3, 0.4) is 0 Å². The Morgan fingerprint density at radius 3 is 2.65 bits per heavy atom. The van der Waals surface area contributed by atoms with E-state index < -0.39 is 0 Å². The minimum Gasteiger partial charge on any atom is -0.496 e. The lowest BCUT2D eigenvalue weighted by atomic mass is 9.86. The molecular formula is C25H27FN2O2S. The molecule has 0 saturated carbocycles. The summed E-state index contributed by atoms with van der Waals surface area (Å²) < 4.78 is 21.8. The highest BCUT2D eigenvalue weighted by Crippen LogP contribution is 2.42. The van der Waals surface area contributed by atoms with Gasteiger partial charge in [0.15, 0.2) is 0 Å². The Kier molecular flexibility index (Phi) is 5.86. The first kappa shape index (κ1) is 21.5. The Morgan fingerprint density at radius 1 is 1.23 bits per heavy atom. The van der Waals surface area contributed by atoms with E-state index in [9.17, 15) is 4.79 Å². The highest BCUT2D eigenvalue weighted by Gasteiger charge is 2.22.